The highest BCUT2D eigenvalue weighted by Crippen LogP contribution is 2.27. The van der Waals surface area contributed by atoms with Crippen LogP contribution in [0.5, 0.6) is 0 Å². The number of hydrogen-bond donors (Lipinski definition) is 1. The molecule has 0 unspecified atom stereocenters. The second-order valence-corrected chi connectivity index (χ2v) is 7.85. The number of ether oxygens (including phenoxy) is 1. The summed E-state index contributed by atoms with van der Waals surface area (Å²) >= 11 is 1.48. The van der Waals surface area contributed by atoms with E-state index in [1.54, 1.807) is 6.92 Å². The fourth-order valence-electron chi connectivity index (χ4n) is 2.84. The molecule has 26 heavy (non-hydrogen) atoms. The van der Waals surface area contributed by atoms with Gasteiger partial charge in [0.25, 0.3) is 5.56 Å². The number of aromatic nitrogens is 2. The van der Waals surface area contributed by atoms with Gasteiger partial charge >= 0.3 is 5.97 Å². The molecule has 5 nitrogen and oxygen atoms in total. The van der Waals surface area contributed by atoms with Crippen LogP contribution in [0.2, 0.25) is 0 Å². The highest BCUT2D eigenvalue weighted by atomic mass is 32.1. The van der Waals surface area contributed by atoms with Crippen LogP contribution in [0, 0.1) is 27.7 Å². The molecule has 0 radical (unpaired) electrons. The fraction of sp³-hybridized carbons (Fsp3) is 0.350. The summed E-state index contributed by atoms with van der Waals surface area (Å²) in [6.07, 6.45) is -0.427. The first-order chi connectivity index (χ1) is 12.3. The van der Waals surface area contributed by atoms with Crippen LogP contribution in [0.1, 0.15) is 46.0 Å². The standard InChI is InChI=1S/C20H22N2O3S/c1-10-6-7-15(8-11(10)2)9-16(23)25-13(4)18-21-19(24)17-12(3)14(5)26-20(17)22-18/h6-8,13H,9H2,1-5H3,(H,21,22,24)/t13-/m1/s1. The van der Waals surface area contributed by atoms with Crippen molar-refractivity contribution in [2.24, 2.45) is 0 Å². The van der Waals surface area contributed by atoms with E-state index in [9.17, 15) is 9.59 Å². The maximum Gasteiger partial charge on any atom is 0.310 e. The normalized spacial score (nSPS) is 12.3. The minimum absolute atomic E-state index is 0.190. The molecule has 1 aromatic carbocycles. The zero-order valence-corrected chi connectivity index (χ0v) is 16.4. The fourth-order valence-corrected chi connectivity index (χ4v) is 3.88. The zero-order chi connectivity index (χ0) is 19.0. The summed E-state index contributed by atoms with van der Waals surface area (Å²) < 4.78 is 5.48. The first kappa shape index (κ1) is 18.3. The number of rotatable bonds is 4. The molecule has 1 atom stereocenters. The third-order valence-corrected chi connectivity index (χ3v) is 5.77. The Balaban J connectivity index is 1.78. The quantitative estimate of drug-likeness (QED) is 0.703. The van der Waals surface area contributed by atoms with E-state index in [2.05, 4.69) is 9.97 Å². The third-order valence-electron chi connectivity index (χ3n) is 4.67. The summed E-state index contributed by atoms with van der Waals surface area (Å²) in [5, 5.41) is 0.616. The molecule has 2 aromatic heterocycles. The molecule has 0 amide bonds. The van der Waals surface area contributed by atoms with Crippen LogP contribution in [-0.4, -0.2) is 15.9 Å². The van der Waals surface area contributed by atoms with Crippen LogP contribution in [-0.2, 0) is 16.0 Å². The van der Waals surface area contributed by atoms with Gasteiger partial charge in [0.2, 0.25) is 0 Å². The number of carbonyl (C=O) groups is 1. The van der Waals surface area contributed by atoms with E-state index in [-0.39, 0.29) is 17.9 Å². The summed E-state index contributed by atoms with van der Waals surface area (Å²) in [5.41, 5.74) is 4.00. The Morgan fingerprint density at radius 2 is 1.96 bits per heavy atom. The summed E-state index contributed by atoms with van der Waals surface area (Å²) in [5.74, 6) is 0.0271. The number of fused-ring (bicyclic) bond motifs is 1. The molecular weight excluding hydrogens is 348 g/mol. The molecule has 0 bridgehead atoms. The topological polar surface area (TPSA) is 72.0 Å². The number of aryl methyl sites for hydroxylation is 4. The van der Waals surface area contributed by atoms with Crippen molar-refractivity contribution in [2.75, 3.05) is 0 Å². The van der Waals surface area contributed by atoms with Gasteiger partial charge < -0.3 is 9.72 Å². The summed E-state index contributed by atoms with van der Waals surface area (Å²) in [6, 6.07) is 5.91. The Bertz CT molecular complexity index is 1050. The van der Waals surface area contributed by atoms with Gasteiger partial charge in [-0.1, -0.05) is 18.2 Å². The van der Waals surface area contributed by atoms with Crippen LogP contribution in [0.25, 0.3) is 10.2 Å². The molecule has 1 N–H and O–H groups in total. The second-order valence-electron chi connectivity index (χ2n) is 6.64. The predicted octanol–water partition coefficient (Wildman–Crippen LogP) is 4.07. The predicted molar refractivity (Wildman–Crippen MR) is 104 cm³/mol. The average Bonchev–Trinajstić information content (AvgIpc) is 2.85. The van der Waals surface area contributed by atoms with Crippen LogP contribution >= 0.6 is 11.3 Å². The Morgan fingerprint density at radius 3 is 2.65 bits per heavy atom. The van der Waals surface area contributed by atoms with Crippen LogP contribution in [0.15, 0.2) is 23.0 Å². The summed E-state index contributed by atoms with van der Waals surface area (Å²) in [4.78, 5) is 33.6. The molecule has 0 saturated heterocycles. The molecule has 0 saturated carbocycles. The van der Waals surface area contributed by atoms with Crippen molar-refractivity contribution in [3.8, 4) is 0 Å². The second kappa shape index (κ2) is 7.03. The SMILES string of the molecule is Cc1ccc(CC(=O)O[C@H](C)c2nc3sc(C)c(C)c3c(=O)[nH]2)cc1C. The Morgan fingerprint density at radius 1 is 1.23 bits per heavy atom. The van der Waals surface area contributed by atoms with Gasteiger partial charge in [0.15, 0.2) is 11.9 Å². The Hall–Kier alpha value is -2.47. The number of carbonyl (C=O) groups excluding carboxylic acids is 1. The van der Waals surface area contributed by atoms with Gasteiger partial charge in [0.05, 0.1) is 11.8 Å². The Kier molecular flexibility index (Phi) is 4.96. The first-order valence-electron chi connectivity index (χ1n) is 8.51. The lowest BCUT2D eigenvalue weighted by Gasteiger charge is -2.13. The lowest BCUT2D eigenvalue weighted by Crippen LogP contribution is -2.18. The molecule has 6 heteroatoms. The van der Waals surface area contributed by atoms with Gasteiger partial charge in [-0.3, -0.25) is 9.59 Å². The van der Waals surface area contributed by atoms with E-state index in [4.69, 9.17) is 4.74 Å². The first-order valence-corrected chi connectivity index (χ1v) is 9.33. The molecule has 3 rings (SSSR count). The van der Waals surface area contributed by atoms with Crippen LogP contribution < -0.4 is 5.56 Å². The van der Waals surface area contributed by atoms with Gasteiger partial charge in [-0.25, -0.2) is 4.98 Å². The number of aromatic amines is 1. The molecule has 136 valence electrons. The van der Waals surface area contributed by atoms with E-state index >= 15 is 0 Å². The smallest absolute Gasteiger partial charge is 0.310 e. The number of hydrogen-bond acceptors (Lipinski definition) is 5. The molecule has 0 aliphatic heterocycles. The largest absolute Gasteiger partial charge is 0.454 e. The maximum absolute atomic E-state index is 12.4. The van der Waals surface area contributed by atoms with Gasteiger partial charge in [0, 0.05) is 4.88 Å². The van der Waals surface area contributed by atoms with Crippen LogP contribution in [0.3, 0.4) is 0 Å². The van der Waals surface area contributed by atoms with Crippen molar-refractivity contribution >= 4 is 27.5 Å². The number of nitrogens with one attached hydrogen (secondary N) is 1. The van der Waals surface area contributed by atoms with Crippen molar-refractivity contribution in [3.05, 3.63) is 61.5 Å². The van der Waals surface area contributed by atoms with E-state index in [1.165, 1.54) is 16.9 Å². The lowest BCUT2D eigenvalue weighted by molar-refractivity contribution is -0.148. The molecule has 0 fully saturated rings. The van der Waals surface area contributed by atoms with E-state index < -0.39 is 6.10 Å². The lowest BCUT2D eigenvalue weighted by atomic mass is 10.0. The van der Waals surface area contributed by atoms with Crippen molar-refractivity contribution < 1.29 is 9.53 Å². The average molecular weight is 370 g/mol. The Labute approximate surface area is 156 Å². The molecule has 3 aromatic rings. The van der Waals surface area contributed by atoms with Crippen LogP contribution in [0.4, 0.5) is 0 Å². The van der Waals surface area contributed by atoms with Gasteiger partial charge in [0.1, 0.15) is 4.83 Å². The summed E-state index contributed by atoms with van der Waals surface area (Å²) in [7, 11) is 0. The van der Waals surface area contributed by atoms with E-state index in [1.807, 2.05) is 45.9 Å². The van der Waals surface area contributed by atoms with Crippen molar-refractivity contribution in [2.45, 2.75) is 47.1 Å². The number of benzene rings is 1. The van der Waals surface area contributed by atoms with Crippen molar-refractivity contribution in [3.63, 3.8) is 0 Å². The number of nitrogens with zero attached hydrogens (tertiary/aromatic N) is 1. The molecular formula is C20H22N2O3S. The van der Waals surface area contributed by atoms with Crippen molar-refractivity contribution in [1.29, 1.82) is 0 Å². The monoisotopic (exact) mass is 370 g/mol. The molecule has 2 heterocycles. The molecule has 0 aliphatic carbocycles. The maximum atomic E-state index is 12.4. The zero-order valence-electron chi connectivity index (χ0n) is 15.6. The minimum atomic E-state index is -0.617. The van der Waals surface area contributed by atoms with E-state index in [0.29, 0.717) is 16.0 Å². The molecule has 0 spiro atoms. The summed E-state index contributed by atoms with van der Waals surface area (Å²) in [6.45, 7) is 9.65. The van der Waals surface area contributed by atoms with Gasteiger partial charge in [-0.2, -0.15) is 0 Å². The highest BCUT2D eigenvalue weighted by Gasteiger charge is 2.18. The number of esters is 1. The minimum Gasteiger partial charge on any atom is -0.454 e. The third kappa shape index (κ3) is 3.55. The van der Waals surface area contributed by atoms with Gasteiger partial charge in [-0.15, -0.1) is 11.3 Å². The number of H-pyrrole nitrogens is 1. The van der Waals surface area contributed by atoms with E-state index in [0.717, 1.165) is 21.6 Å². The molecule has 0 aliphatic rings. The number of thiophene rings is 1. The highest BCUT2D eigenvalue weighted by molar-refractivity contribution is 7.18. The van der Waals surface area contributed by atoms with Crippen molar-refractivity contribution in [1.82, 2.24) is 9.97 Å². The van der Waals surface area contributed by atoms with Gasteiger partial charge in [-0.05, 0) is 56.9 Å².